The van der Waals surface area contributed by atoms with Gasteiger partial charge >= 0.3 is 0 Å². The monoisotopic (exact) mass is 363 g/mol. The van der Waals surface area contributed by atoms with Crippen LogP contribution in [0, 0.1) is 0 Å². The van der Waals surface area contributed by atoms with Crippen LogP contribution in [0.1, 0.15) is 18.6 Å². The number of unbranched alkanes of at least 4 members (excludes halogenated alkanes) is 1. The van der Waals surface area contributed by atoms with Crippen molar-refractivity contribution in [1.82, 2.24) is 10.2 Å². The van der Waals surface area contributed by atoms with Crippen LogP contribution >= 0.6 is 24.0 Å². The second-order valence-electron chi connectivity index (χ2n) is 3.83. The van der Waals surface area contributed by atoms with Gasteiger partial charge in [-0.1, -0.05) is 6.08 Å². The molecule has 0 aliphatic rings. The number of hydrogen-bond acceptors (Lipinski definition) is 2. The Kier molecular flexibility index (Phi) is 9.45. The molecule has 1 aromatic heterocycles. The number of nitrogens with zero attached hydrogens (tertiary/aromatic N) is 2. The van der Waals surface area contributed by atoms with Crippen LogP contribution in [0.5, 0.6) is 0 Å². The summed E-state index contributed by atoms with van der Waals surface area (Å²) in [6.45, 7) is 5.34. The van der Waals surface area contributed by atoms with Gasteiger partial charge in [-0.15, -0.1) is 30.6 Å². The van der Waals surface area contributed by atoms with Crippen molar-refractivity contribution in [3.63, 3.8) is 0 Å². The third-order valence-electron chi connectivity index (χ3n) is 2.48. The van der Waals surface area contributed by atoms with E-state index in [1.54, 1.807) is 13.3 Å². The first-order chi connectivity index (χ1) is 8.27. The minimum atomic E-state index is 0. The van der Waals surface area contributed by atoms with Gasteiger partial charge in [-0.2, -0.15) is 0 Å². The number of nitrogens with one attached hydrogen (secondary N) is 1. The number of aliphatic imine (C=N–C) groups is 1. The van der Waals surface area contributed by atoms with E-state index in [1.165, 1.54) is 0 Å². The van der Waals surface area contributed by atoms with E-state index in [-0.39, 0.29) is 24.0 Å². The molecule has 102 valence electrons. The molecule has 0 fully saturated rings. The predicted molar refractivity (Wildman–Crippen MR) is 86.4 cm³/mol. The Bertz CT molecular complexity index is 349. The average molecular weight is 363 g/mol. The van der Waals surface area contributed by atoms with Gasteiger partial charge in [-0.25, -0.2) is 0 Å². The summed E-state index contributed by atoms with van der Waals surface area (Å²) in [7, 11) is 3.81. The first kappa shape index (κ1) is 17.0. The SMILES string of the molecule is C=CCCCN(C)C(=NC)NCc1ccco1.I. The number of guanidine groups is 1. The van der Waals surface area contributed by atoms with Gasteiger partial charge in [0.05, 0.1) is 12.8 Å². The quantitative estimate of drug-likeness (QED) is 0.278. The van der Waals surface area contributed by atoms with E-state index in [4.69, 9.17) is 4.42 Å². The van der Waals surface area contributed by atoms with Crippen LogP contribution in [0.4, 0.5) is 0 Å². The Morgan fingerprint density at radius 1 is 1.61 bits per heavy atom. The van der Waals surface area contributed by atoms with E-state index in [9.17, 15) is 0 Å². The topological polar surface area (TPSA) is 40.8 Å². The van der Waals surface area contributed by atoms with E-state index < -0.39 is 0 Å². The Hall–Kier alpha value is -0.980. The lowest BCUT2D eigenvalue weighted by molar-refractivity contribution is 0.455. The molecule has 18 heavy (non-hydrogen) atoms. The fourth-order valence-electron chi connectivity index (χ4n) is 1.54. The zero-order valence-corrected chi connectivity index (χ0v) is 13.4. The van der Waals surface area contributed by atoms with Crippen molar-refractivity contribution >= 4 is 29.9 Å². The maximum Gasteiger partial charge on any atom is 0.193 e. The highest BCUT2D eigenvalue weighted by atomic mass is 127. The van der Waals surface area contributed by atoms with Gasteiger partial charge in [0.2, 0.25) is 0 Å². The molecule has 0 aliphatic heterocycles. The van der Waals surface area contributed by atoms with E-state index in [0.717, 1.165) is 31.1 Å². The summed E-state index contributed by atoms with van der Waals surface area (Å²) in [4.78, 5) is 6.33. The minimum Gasteiger partial charge on any atom is -0.467 e. The van der Waals surface area contributed by atoms with Crippen LogP contribution in [0.25, 0.3) is 0 Å². The molecule has 0 amide bonds. The highest BCUT2D eigenvalue weighted by Crippen LogP contribution is 2.00. The molecule has 0 atom stereocenters. The third kappa shape index (κ3) is 6.09. The van der Waals surface area contributed by atoms with Crippen molar-refractivity contribution in [3.05, 3.63) is 36.8 Å². The zero-order chi connectivity index (χ0) is 12.5. The summed E-state index contributed by atoms with van der Waals surface area (Å²) in [5.74, 6) is 1.79. The van der Waals surface area contributed by atoms with Crippen molar-refractivity contribution in [3.8, 4) is 0 Å². The lowest BCUT2D eigenvalue weighted by Crippen LogP contribution is -2.38. The summed E-state index contributed by atoms with van der Waals surface area (Å²) in [6, 6.07) is 3.82. The average Bonchev–Trinajstić information content (AvgIpc) is 2.83. The van der Waals surface area contributed by atoms with Gasteiger partial charge in [-0.05, 0) is 25.0 Å². The molecule has 0 radical (unpaired) electrons. The molecule has 1 heterocycles. The number of rotatable bonds is 6. The summed E-state index contributed by atoms with van der Waals surface area (Å²) in [6.07, 6.45) is 5.72. The lowest BCUT2D eigenvalue weighted by Gasteiger charge is -2.21. The van der Waals surface area contributed by atoms with Crippen LogP contribution in [0.15, 0.2) is 40.5 Å². The molecule has 5 heteroatoms. The van der Waals surface area contributed by atoms with Crippen LogP contribution in [0.3, 0.4) is 0 Å². The van der Waals surface area contributed by atoms with Crippen molar-refractivity contribution in [2.45, 2.75) is 19.4 Å². The van der Waals surface area contributed by atoms with Gasteiger partial charge in [0.1, 0.15) is 5.76 Å². The molecule has 0 aliphatic carbocycles. The zero-order valence-electron chi connectivity index (χ0n) is 11.1. The molecular weight excluding hydrogens is 341 g/mol. The number of halogens is 1. The summed E-state index contributed by atoms with van der Waals surface area (Å²) in [5, 5.41) is 3.25. The molecule has 0 unspecified atom stereocenters. The molecule has 0 bridgehead atoms. The molecule has 1 rings (SSSR count). The molecular formula is C13H22IN3O. The van der Waals surface area contributed by atoms with E-state index in [2.05, 4.69) is 21.8 Å². The van der Waals surface area contributed by atoms with Gasteiger partial charge in [0, 0.05) is 20.6 Å². The van der Waals surface area contributed by atoms with Crippen molar-refractivity contribution < 1.29 is 4.42 Å². The Morgan fingerprint density at radius 2 is 2.39 bits per heavy atom. The fraction of sp³-hybridized carbons (Fsp3) is 0.462. The van der Waals surface area contributed by atoms with Crippen LogP contribution in [-0.4, -0.2) is 31.5 Å². The Labute approximate surface area is 126 Å². The predicted octanol–water partition coefficient (Wildman–Crippen LogP) is 2.87. The molecule has 1 aromatic rings. The largest absolute Gasteiger partial charge is 0.467 e. The van der Waals surface area contributed by atoms with Gasteiger partial charge in [0.25, 0.3) is 0 Å². The Balaban J connectivity index is 0.00000289. The fourth-order valence-corrected chi connectivity index (χ4v) is 1.54. The number of furan rings is 1. The van der Waals surface area contributed by atoms with Crippen molar-refractivity contribution in [1.29, 1.82) is 0 Å². The van der Waals surface area contributed by atoms with Crippen LogP contribution in [-0.2, 0) is 6.54 Å². The van der Waals surface area contributed by atoms with E-state index in [1.807, 2.05) is 25.3 Å². The van der Waals surface area contributed by atoms with Crippen LogP contribution in [0.2, 0.25) is 0 Å². The van der Waals surface area contributed by atoms with Crippen molar-refractivity contribution in [2.24, 2.45) is 4.99 Å². The number of allylic oxidation sites excluding steroid dienone is 1. The maximum atomic E-state index is 5.26. The minimum absolute atomic E-state index is 0. The third-order valence-corrected chi connectivity index (χ3v) is 2.48. The molecule has 1 N–H and O–H groups in total. The first-order valence-electron chi connectivity index (χ1n) is 5.83. The normalized spacial score (nSPS) is 10.7. The summed E-state index contributed by atoms with van der Waals surface area (Å²) in [5.41, 5.74) is 0. The molecule has 4 nitrogen and oxygen atoms in total. The molecule has 0 saturated carbocycles. The van der Waals surface area contributed by atoms with Gasteiger partial charge in [0.15, 0.2) is 5.96 Å². The second kappa shape index (κ2) is 9.99. The van der Waals surface area contributed by atoms with Crippen molar-refractivity contribution in [2.75, 3.05) is 20.6 Å². The maximum absolute atomic E-state index is 5.26. The smallest absolute Gasteiger partial charge is 0.193 e. The molecule has 0 aromatic carbocycles. The highest BCUT2D eigenvalue weighted by Gasteiger charge is 2.05. The highest BCUT2D eigenvalue weighted by molar-refractivity contribution is 14.0. The standard InChI is InChI=1S/C13H21N3O.HI/c1-4-5-6-9-16(3)13(14-2)15-11-12-8-7-10-17-12;/h4,7-8,10H,1,5-6,9,11H2,2-3H3,(H,14,15);1H. The van der Waals surface area contributed by atoms with E-state index >= 15 is 0 Å². The second-order valence-corrected chi connectivity index (χ2v) is 3.83. The Morgan fingerprint density at radius 3 is 2.94 bits per heavy atom. The first-order valence-corrected chi connectivity index (χ1v) is 5.83. The summed E-state index contributed by atoms with van der Waals surface area (Å²) < 4.78 is 5.26. The van der Waals surface area contributed by atoms with Gasteiger partial charge < -0.3 is 14.6 Å². The lowest BCUT2D eigenvalue weighted by atomic mass is 10.3. The van der Waals surface area contributed by atoms with Crippen LogP contribution < -0.4 is 5.32 Å². The number of hydrogen-bond donors (Lipinski definition) is 1. The molecule has 0 spiro atoms. The van der Waals surface area contributed by atoms with E-state index in [0.29, 0.717) is 6.54 Å². The summed E-state index contributed by atoms with van der Waals surface area (Å²) >= 11 is 0. The van der Waals surface area contributed by atoms with Gasteiger partial charge in [-0.3, -0.25) is 4.99 Å². The molecule has 0 saturated heterocycles.